The van der Waals surface area contributed by atoms with Crippen LogP contribution in [0.5, 0.6) is 0 Å². The fourth-order valence-electron chi connectivity index (χ4n) is 2.45. The van der Waals surface area contributed by atoms with Crippen LogP contribution in [0.25, 0.3) is 0 Å². The molecule has 1 heterocycles. The molecule has 0 radical (unpaired) electrons. The van der Waals surface area contributed by atoms with Crippen LogP contribution in [0, 0.1) is 5.92 Å². The van der Waals surface area contributed by atoms with Crippen molar-refractivity contribution in [2.24, 2.45) is 11.7 Å². The van der Waals surface area contributed by atoms with Gasteiger partial charge in [-0.25, -0.2) is 0 Å². The predicted molar refractivity (Wildman–Crippen MR) is 64.0 cm³/mol. The lowest BCUT2D eigenvalue weighted by molar-refractivity contribution is -0.121. The summed E-state index contributed by atoms with van der Waals surface area (Å²) in [4.78, 5) is 14.0. The Morgan fingerprint density at radius 2 is 2.25 bits per heavy atom. The molecule has 0 bridgehead atoms. The molecule has 3 N–H and O–H groups in total. The van der Waals surface area contributed by atoms with Crippen LogP contribution in [0.2, 0.25) is 0 Å². The second-order valence-corrected chi connectivity index (χ2v) is 5.29. The van der Waals surface area contributed by atoms with Gasteiger partial charge in [0, 0.05) is 25.0 Å². The maximum absolute atomic E-state index is 11.6. The zero-order valence-electron chi connectivity index (χ0n) is 10.1. The highest BCUT2D eigenvalue weighted by Crippen LogP contribution is 2.32. The van der Waals surface area contributed by atoms with Crippen molar-refractivity contribution in [3.05, 3.63) is 0 Å². The van der Waals surface area contributed by atoms with Gasteiger partial charge >= 0.3 is 0 Å². The molecule has 2 fully saturated rings. The van der Waals surface area contributed by atoms with Crippen molar-refractivity contribution in [3.63, 3.8) is 0 Å². The van der Waals surface area contributed by atoms with Gasteiger partial charge in [0.05, 0.1) is 0 Å². The molecule has 92 valence electrons. The van der Waals surface area contributed by atoms with E-state index < -0.39 is 0 Å². The van der Waals surface area contributed by atoms with Crippen molar-refractivity contribution in [3.8, 4) is 0 Å². The monoisotopic (exact) mass is 225 g/mol. The molecular weight excluding hydrogens is 202 g/mol. The number of carbonyl (C=O) groups is 1. The van der Waals surface area contributed by atoms with Crippen LogP contribution >= 0.6 is 0 Å². The van der Waals surface area contributed by atoms with Crippen molar-refractivity contribution in [1.29, 1.82) is 0 Å². The van der Waals surface area contributed by atoms with E-state index >= 15 is 0 Å². The standard InChI is InChI=1S/C12H23N3O/c1-15-6-2-3-10(15)8-14-12(16)7-11(13)9-4-5-9/h9-11H,2-8,13H2,1H3,(H,14,16). The van der Waals surface area contributed by atoms with Gasteiger partial charge in [0.15, 0.2) is 0 Å². The van der Waals surface area contributed by atoms with Crippen molar-refractivity contribution in [1.82, 2.24) is 10.2 Å². The van der Waals surface area contributed by atoms with Gasteiger partial charge in [-0.1, -0.05) is 0 Å². The number of rotatable bonds is 5. The Morgan fingerprint density at radius 1 is 1.50 bits per heavy atom. The molecule has 1 amide bonds. The molecule has 2 rings (SSSR count). The number of likely N-dealkylation sites (N-methyl/N-ethyl adjacent to an activating group) is 1. The zero-order valence-corrected chi connectivity index (χ0v) is 10.1. The third-order valence-corrected chi connectivity index (χ3v) is 3.85. The summed E-state index contributed by atoms with van der Waals surface area (Å²) in [5, 5.41) is 3.01. The van der Waals surface area contributed by atoms with Gasteiger partial charge in [0.1, 0.15) is 0 Å². The van der Waals surface area contributed by atoms with E-state index in [0.717, 1.165) is 13.1 Å². The molecule has 1 saturated heterocycles. The highest BCUT2D eigenvalue weighted by atomic mass is 16.1. The minimum absolute atomic E-state index is 0.0845. The van der Waals surface area contributed by atoms with Crippen LogP contribution in [0.15, 0.2) is 0 Å². The van der Waals surface area contributed by atoms with E-state index in [1.807, 2.05) is 0 Å². The first-order valence-electron chi connectivity index (χ1n) is 6.39. The molecule has 0 aromatic heterocycles. The Balaban J connectivity index is 1.63. The quantitative estimate of drug-likeness (QED) is 0.708. The van der Waals surface area contributed by atoms with Crippen LogP contribution in [-0.4, -0.2) is 43.0 Å². The number of nitrogens with one attached hydrogen (secondary N) is 1. The fraction of sp³-hybridized carbons (Fsp3) is 0.917. The summed E-state index contributed by atoms with van der Waals surface area (Å²) < 4.78 is 0. The number of hydrogen-bond donors (Lipinski definition) is 2. The summed E-state index contributed by atoms with van der Waals surface area (Å²) in [6, 6.07) is 0.613. The highest BCUT2D eigenvalue weighted by molar-refractivity contribution is 5.76. The highest BCUT2D eigenvalue weighted by Gasteiger charge is 2.30. The first-order valence-corrected chi connectivity index (χ1v) is 6.39. The minimum Gasteiger partial charge on any atom is -0.354 e. The van der Waals surface area contributed by atoms with Crippen molar-refractivity contribution < 1.29 is 4.79 Å². The SMILES string of the molecule is CN1CCCC1CNC(=O)CC(N)C1CC1. The summed E-state index contributed by atoms with van der Waals surface area (Å²) in [6.07, 6.45) is 5.37. The van der Waals surface area contributed by atoms with E-state index in [4.69, 9.17) is 5.73 Å². The average molecular weight is 225 g/mol. The first kappa shape index (κ1) is 11.9. The van der Waals surface area contributed by atoms with Crippen molar-refractivity contribution >= 4 is 5.91 Å². The van der Waals surface area contributed by atoms with Crippen molar-refractivity contribution in [2.45, 2.75) is 44.2 Å². The van der Waals surface area contributed by atoms with Gasteiger partial charge in [-0.05, 0) is 45.2 Å². The lowest BCUT2D eigenvalue weighted by Crippen LogP contribution is -2.40. The normalized spacial score (nSPS) is 28.0. The second-order valence-electron chi connectivity index (χ2n) is 5.29. The fourth-order valence-corrected chi connectivity index (χ4v) is 2.45. The summed E-state index contributed by atoms with van der Waals surface area (Å²) in [6.45, 7) is 1.94. The van der Waals surface area contributed by atoms with Gasteiger partial charge < -0.3 is 16.0 Å². The van der Waals surface area contributed by atoms with Gasteiger partial charge in [0.2, 0.25) is 5.91 Å². The van der Waals surface area contributed by atoms with E-state index in [2.05, 4.69) is 17.3 Å². The molecule has 1 saturated carbocycles. The first-order chi connectivity index (χ1) is 7.66. The van der Waals surface area contributed by atoms with Crippen molar-refractivity contribution in [2.75, 3.05) is 20.1 Å². The van der Waals surface area contributed by atoms with Crippen LogP contribution in [0.1, 0.15) is 32.1 Å². The van der Waals surface area contributed by atoms with E-state index in [1.165, 1.54) is 25.7 Å². The zero-order chi connectivity index (χ0) is 11.5. The molecule has 2 atom stereocenters. The molecule has 4 heteroatoms. The van der Waals surface area contributed by atoms with Gasteiger partial charge in [-0.3, -0.25) is 4.79 Å². The third kappa shape index (κ3) is 3.19. The average Bonchev–Trinajstić information content (AvgIpc) is 3.00. The Kier molecular flexibility index (Phi) is 3.82. The summed E-state index contributed by atoms with van der Waals surface area (Å²) in [5.74, 6) is 0.736. The molecule has 0 aromatic carbocycles. The summed E-state index contributed by atoms with van der Waals surface area (Å²) in [5.41, 5.74) is 5.92. The number of hydrogen-bond acceptors (Lipinski definition) is 3. The van der Waals surface area contributed by atoms with E-state index in [0.29, 0.717) is 18.4 Å². The molecule has 1 aliphatic carbocycles. The summed E-state index contributed by atoms with van der Waals surface area (Å²) in [7, 11) is 2.12. The number of likely N-dealkylation sites (tertiary alicyclic amines) is 1. The van der Waals surface area contributed by atoms with Gasteiger partial charge in [-0.2, -0.15) is 0 Å². The molecule has 1 aliphatic heterocycles. The second kappa shape index (κ2) is 5.15. The van der Waals surface area contributed by atoms with Crippen LogP contribution < -0.4 is 11.1 Å². The maximum Gasteiger partial charge on any atom is 0.221 e. The molecule has 2 unspecified atom stereocenters. The van der Waals surface area contributed by atoms with Crippen LogP contribution in [-0.2, 0) is 4.79 Å². The lowest BCUT2D eigenvalue weighted by Gasteiger charge is -2.20. The smallest absolute Gasteiger partial charge is 0.221 e. The minimum atomic E-state index is 0.0845. The number of nitrogens with zero attached hydrogens (tertiary/aromatic N) is 1. The van der Waals surface area contributed by atoms with E-state index in [1.54, 1.807) is 0 Å². The largest absolute Gasteiger partial charge is 0.354 e. The lowest BCUT2D eigenvalue weighted by atomic mass is 10.1. The molecule has 0 aromatic rings. The van der Waals surface area contributed by atoms with Crippen LogP contribution in [0.4, 0.5) is 0 Å². The number of amides is 1. The van der Waals surface area contributed by atoms with E-state index in [-0.39, 0.29) is 11.9 Å². The van der Waals surface area contributed by atoms with E-state index in [9.17, 15) is 4.79 Å². The number of carbonyl (C=O) groups excluding carboxylic acids is 1. The topological polar surface area (TPSA) is 58.4 Å². The predicted octanol–water partition coefficient (Wildman–Crippen LogP) is 0.324. The molecule has 0 spiro atoms. The van der Waals surface area contributed by atoms with Gasteiger partial charge in [-0.15, -0.1) is 0 Å². The summed E-state index contributed by atoms with van der Waals surface area (Å²) >= 11 is 0. The van der Waals surface area contributed by atoms with Crippen LogP contribution in [0.3, 0.4) is 0 Å². The Labute approximate surface area is 97.6 Å². The molecule has 16 heavy (non-hydrogen) atoms. The Morgan fingerprint density at radius 3 is 2.81 bits per heavy atom. The third-order valence-electron chi connectivity index (χ3n) is 3.85. The maximum atomic E-state index is 11.6. The molecule has 4 nitrogen and oxygen atoms in total. The Hall–Kier alpha value is -0.610. The molecular formula is C12H23N3O. The van der Waals surface area contributed by atoms with Gasteiger partial charge in [0.25, 0.3) is 0 Å². The number of nitrogens with two attached hydrogens (primary N) is 1. The Bertz CT molecular complexity index is 253. The molecule has 2 aliphatic rings.